The van der Waals surface area contributed by atoms with Crippen LogP contribution in [-0.4, -0.2) is 37.6 Å². The molecule has 0 spiro atoms. The maximum atomic E-state index is 12.6. The van der Waals surface area contributed by atoms with Crippen molar-refractivity contribution in [2.45, 2.75) is 13.3 Å². The van der Waals surface area contributed by atoms with Crippen LogP contribution in [0.3, 0.4) is 0 Å². The quantitative estimate of drug-likeness (QED) is 0.229. The molecular formula is C20H17N3O5S2. The van der Waals surface area contributed by atoms with E-state index in [0.29, 0.717) is 9.23 Å². The van der Waals surface area contributed by atoms with Gasteiger partial charge in [-0.3, -0.25) is 24.6 Å². The van der Waals surface area contributed by atoms with Gasteiger partial charge in [0.1, 0.15) is 10.1 Å². The Bertz CT molecular complexity index is 1070. The summed E-state index contributed by atoms with van der Waals surface area (Å²) in [5.41, 5.74) is 1.76. The first-order valence-corrected chi connectivity index (χ1v) is 10.1. The summed E-state index contributed by atoms with van der Waals surface area (Å²) in [6.45, 7) is 2.06. The van der Waals surface area contributed by atoms with E-state index in [1.54, 1.807) is 6.08 Å². The number of rotatable bonds is 6. The van der Waals surface area contributed by atoms with Crippen molar-refractivity contribution < 1.29 is 19.6 Å². The normalized spacial score (nSPS) is 15.0. The van der Waals surface area contributed by atoms with Crippen LogP contribution in [-0.2, 0) is 9.59 Å². The van der Waals surface area contributed by atoms with E-state index in [4.69, 9.17) is 12.2 Å². The highest BCUT2D eigenvalue weighted by molar-refractivity contribution is 8.26. The van der Waals surface area contributed by atoms with Crippen molar-refractivity contribution in [2.75, 3.05) is 11.9 Å². The monoisotopic (exact) mass is 443 g/mol. The third-order valence-corrected chi connectivity index (χ3v) is 5.66. The number of phenols is 1. The predicted molar refractivity (Wildman–Crippen MR) is 119 cm³/mol. The molecule has 1 aliphatic heterocycles. The fraction of sp³-hybridized carbons (Fsp3) is 0.150. The van der Waals surface area contributed by atoms with E-state index < -0.39 is 16.6 Å². The Hall–Kier alpha value is -3.24. The summed E-state index contributed by atoms with van der Waals surface area (Å²) in [6.07, 6.45) is 1.70. The highest BCUT2D eigenvalue weighted by Crippen LogP contribution is 2.33. The average molecular weight is 444 g/mol. The molecule has 10 heteroatoms. The van der Waals surface area contributed by atoms with Crippen LogP contribution in [0.4, 0.5) is 11.4 Å². The number of carbonyl (C=O) groups excluding carboxylic acids is 2. The van der Waals surface area contributed by atoms with Gasteiger partial charge in [0, 0.05) is 19.0 Å². The number of thioether (sulfide) groups is 1. The van der Waals surface area contributed by atoms with Crippen LogP contribution < -0.4 is 5.32 Å². The number of hydrogen-bond donors (Lipinski definition) is 2. The average Bonchev–Trinajstić information content (AvgIpc) is 2.96. The van der Waals surface area contributed by atoms with Crippen molar-refractivity contribution in [3.8, 4) is 5.75 Å². The molecule has 0 atom stereocenters. The van der Waals surface area contributed by atoms with Crippen LogP contribution in [0.1, 0.15) is 17.5 Å². The lowest BCUT2D eigenvalue weighted by Gasteiger charge is -2.14. The zero-order valence-corrected chi connectivity index (χ0v) is 17.5. The molecule has 3 rings (SSSR count). The minimum atomic E-state index is -0.648. The molecule has 2 aromatic rings. The molecule has 0 unspecified atom stereocenters. The van der Waals surface area contributed by atoms with Gasteiger partial charge >= 0.3 is 0 Å². The number of amides is 2. The van der Waals surface area contributed by atoms with Crippen LogP contribution in [0, 0.1) is 17.0 Å². The molecule has 2 aromatic carbocycles. The molecule has 30 heavy (non-hydrogen) atoms. The third kappa shape index (κ3) is 5.02. The Morgan fingerprint density at radius 1 is 1.30 bits per heavy atom. The first kappa shape index (κ1) is 21.5. The van der Waals surface area contributed by atoms with Crippen molar-refractivity contribution >= 4 is 57.6 Å². The molecule has 1 fully saturated rings. The molecule has 2 amide bonds. The second kappa shape index (κ2) is 9.06. The van der Waals surface area contributed by atoms with Crippen molar-refractivity contribution in [3.05, 3.63) is 68.6 Å². The number of aromatic hydroxyl groups is 1. The zero-order valence-electron chi connectivity index (χ0n) is 15.8. The smallest absolute Gasteiger partial charge is 0.273 e. The van der Waals surface area contributed by atoms with Crippen molar-refractivity contribution in [3.63, 3.8) is 0 Å². The molecule has 1 aliphatic rings. The van der Waals surface area contributed by atoms with Crippen molar-refractivity contribution in [2.24, 2.45) is 0 Å². The Morgan fingerprint density at radius 3 is 2.63 bits per heavy atom. The minimum Gasteiger partial charge on any atom is -0.506 e. The highest BCUT2D eigenvalue weighted by atomic mass is 32.2. The number of aryl methyl sites for hydroxylation is 1. The first-order chi connectivity index (χ1) is 14.2. The lowest BCUT2D eigenvalue weighted by atomic mass is 10.1. The van der Waals surface area contributed by atoms with E-state index in [1.807, 2.05) is 31.2 Å². The van der Waals surface area contributed by atoms with Gasteiger partial charge in [-0.2, -0.15) is 0 Å². The maximum absolute atomic E-state index is 12.6. The van der Waals surface area contributed by atoms with Crippen LogP contribution >= 0.6 is 24.0 Å². The van der Waals surface area contributed by atoms with Gasteiger partial charge in [0.25, 0.3) is 11.6 Å². The number of nitrogens with one attached hydrogen (secondary N) is 1. The Balaban J connectivity index is 1.60. The van der Waals surface area contributed by atoms with Crippen LogP contribution in [0.25, 0.3) is 6.08 Å². The lowest BCUT2D eigenvalue weighted by Crippen LogP contribution is -2.31. The highest BCUT2D eigenvalue weighted by Gasteiger charge is 2.32. The van der Waals surface area contributed by atoms with Crippen molar-refractivity contribution in [1.29, 1.82) is 0 Å². The van der Waals surface area contributed by atoms with E-state index in [1.165, 1.54) is 28.8 Å². The van der Waals surface area contributed by atoms with Crippen LogP contribution in [0.2, 0.25) is 0 Å². The number of anilines is 1. The molecule has 0 bridgehead atoms. The summed E-state index contributed by atoms with van der Waals surface area (Å²) in [5.74, 6) is -1.14. The van der Waals surface area contributed by atoms with Crippen molar-refractivity contribution in [1.82, 2.24) is 4.90 Å². The molecule has 1 heterocycles. The predicted octanol–water partition coefficient (Wildman–Crippen LogP) is 3.84. The SMILES string of the molecule is Cc1ccc(/C=C2/SC(=S)N(CCC(=O)Nc3ccc([N+](=O)[O-])cc3O)C2=O)cc1. The summed E-state index contributed by atoms with van der Waals surface area (Å²) >= 11 is 6.44. The molecule has 0 aliphatic carbocycles. The van der Waals surface area contributed by atoms with Gasteiger partial charge in [-0.05, 0) is 24.6 Å². The standard InChI is InChI=1S/C20H17N3O5S2/c1-12-2-4-13(5-3-12)10-17-19(26)22(20(29)30-17)9-8-18(25)21-15-7-6-14(23(27)28)11-16(15)24/h2-7,10-11,24H,8-9H2,1H3,(H,21,25)/b17-10+. The summed E-state index contributed by atoms with van der Waals surface area (Å²) in [7, 11) is 0. The van der Waals surface area contributed by atoms with Gasteiger partial charge in [0.2, 0.25) is 5.91 Å². The number of nitrogens with zero attached hydrogens (tertiary/aromatic N) is 2. The van der Waals surface area contributed by atoms with Gasteiger partial charge in [0.05, 0.1) is 21.6 Å². The third-order valence-electron chi connectivity index (χ3n) is 4.28. The summed E-state index contributed by atoms with van der Waals surface area (Å²) in [4.78, 5) is 36.7. The molecule has 0 saturated carbocycles. The number of non-ortho nitro benzene ring substituents is 1. The fourth-order valence-electron chi connectivity index (χ4n) is 2.67. The molecule has 0 aromatic heterocycles. The number of thiocarbonyl (C=S) groups is 1. The second-order valence-electron chi connectivity index (χ2n) is 6.50. The largest absolute Gasteiger partial charge is 0.506 e. The number of phenolic OH excluding ortho intramolecular Hbond substituents is 1. The van der Waals surface area contributed by atoms with Gasteiger partial charge < -0.3 is 10.4 Å². The summed E-state index contributed by atoms with van der Waals surface area (Å²) < 4.78 is 0.365. The maximum Gasteiger partial charge on any atom is 0.273 e. The molecular weight excluding hydrogens is 426 g/mol. The number of benzene rings is 2. The zero-order chi connectivity index (χ0) is 21.8. The number of nitro benzene ring substituents is 1. The Kier molecular flexibility index (Phi) is 6.48. The van der Waals surface area contributed by atoms with E-state index in [0.717, 1.165) is 17.2 Å². The minimum absolute atomic E-state index is 0.0512. The molecule has 2 N–H and O–H groups in total. The first-order valence-electron chi connectivity index (χ1n) is 8.84. The van der Waals surface area contributed by atoms with Crippen LogP contribution in [0.15, 0.2) is 47.4 Å². The fourth-order valence-corrected chi connectivity index (χ4v) is 3.98. The second-order valence-corrected chi connectivity index (χ2v) is 8.18. The number of nitro groups is 1. The van der Waals surface area contributed by atoms with Crippen LogP contribution in [0.5, 0.6) is 5.75 Å². The lowest BCUT2D eigenvalue weighted by molar-refractivity contribution is -0.384. The Morgan fingerprint density at radius 2 is 2.00 bits per heavy atom. The van der Waals surface area contributed by atoms with E-state index in [-0.39, 0.29) is 30.2 Å². The van der Waals surface area contributed by atoms with E-state index >= 15 is 0 Å². The number of carbonyl (C=O) groups is 2. The topological polar surface area (TPSA) is 113 Å². The summed E-state index contributed by atoms with van der Waals surface area (Å²) in [5, 5.41) is 23.0. The Labute approximate surface area is 181 Å². The molecule has 0 radical (unpaired) electrons. The molecule has 8 nitrogen and oxygen atoms in total. The van der Waals surface area contributed by atoms with E-state index in [2.05, 4.69) is 5.32 Å². The molecule has 1 saturated heterocycles. The number of hydrogen-bond acceptors (Lipinski definition) is 7. The molecule has 154 valence electrons. The summed E-state index contributed by atoms with van der Waals surface area (Å²) in [6, 6.07) is 11.1. The van der Waals surface area contributed by atoms with Gasteiger partial charge in [-0.1, -0.05) is 53.8 Å². The van der Waals surface area contributed by atoms with E-state index in [9.17, 15) is 24.8 Å². The van der Waals surface area contributed by atoms with Gasteiger partial charge in [-0.15, -0.1) is 0 Å². The van der Waals surface area contributed by atoms with Gasteiger partial charge in [0.15, 0.2) is 0 Å². The van der Waals surface area contributed by atoms with Gasteiger partial charge in [-0.25, -0.2) is 0 Å².